The molecule has 1 aromatic rings. The minimum absolute atomic E-state index is 0.334. The molecule has 0 fully saturated rings. The van der Waals surface area contributed by atoms with E-state index in [0.29, 0.717) is 13.2 Å². The fourth-order valence-corrected chi connectivity index (χ4v) is 3.30. The van der Waals surface area contributed by atoms with Gasteiger partial charge in [-0.2, -0.15) is 0 Å². The standard InChI is InChI=1S/C7H19NO3Si.C6H6/c1-5-9-12(4,10-6-2)11-7(3)8;1-2-4-6-5-3-1/h7H,5-6,8H2,1-4H3;1-6H. The maximum absolute atomic E-state index is 5.49. The van der Waals surface area contributed by atoms with Crippen LogP contribution in [0.2, 0.25) is 6.55 Å². The highest BCUT2D eigenvalue weighted by atomic mass is 28.4. The Bertz CT molecular complexity index is 250. The largest absolute Gasteiger partial charge is 0.498 e. The van der Waals surface area contributed by atoms with Crippen LogP contribution in [0.1, 0.15) is 20.8 Å². The monoisotopic (exact) mass is 271 g/mol. The van der Waals surface area contributed by atoms with Crippen LogP contribution in [0, 0.1) is 0 Å². The SMILES string of the molecule is CCO[Si](C)(OCC)OC(C)N.c1ccccc1. The maximum atomic E-state index is 5.49. The summed E-state index contributed by atoms with van der Waals surface area (Å²) in [6.45, 7) is 8.63. The van der Waals surface area contributed by atoms with Gasteiger partial charge in [0.2, 0.25) is 0 Å². The summed E-state index contributed by atoms with van der Waals surface area (Å²) >= 11 is 0. The molecule has 1 aromatic carbocycles. The van der Waals surface area contributed by atoms with E-state index in [1.165, 1.54) is 0 Å². The summed E-state index contributed by atoms with van der Waals surface area (Å²) in [4.78, 5) is 0. The molecular weight excluding hydrogens is 246 g/mol. The summed E-state index contributed by atoms with van der Waals surface area (Å²) in [5.74, 6) is 0. The Kier molecular flexibility index (Phi) is 9.81. The predicted octanol–water partition coefficient (Wildman–Crippen LogP) is 2.64. The van der Waals surface area contributed by atoms with Crippen LogP contribution < -0.4 is 5.73 Å². The Morgan fingerprint density at radius 2 is 1.28 bits per heavy atom. The van der Waals surface area contributed by atoms with E-state index in [0.717, 1.165) is 0 Å². The first-order chi connectivity index (χ1) is 8.54. The maximum Gasteiger partial charge on any atom is 0.498 e. The van der Waals surface area contributed by atoms with Gasteiger partial charge in [-0.3, -0.25) is 0 Å². The Morgan fingerprint density at radius 1 is 0.944 bits per heavy atom. The molecular formula is C13H25NO3Si. The lowest BCUT2D eigenvalue weighted by molar-refractivity contribution is 0.0467. The topological polar surface area (TPSA) is 53.7 Å². The molecule has 18 heavy (non-hydrogen) atoms. The fourth-order valence-electron chi connectivity index (χ4n) is 1.36. The Morgan fingerprint density at radius 3 is 1.50 bits per heavy atom. The van der Waals surface area contributed by atoms with Crippen molar-refractivity contribution in [1.29, 1.82) is 0 Å². The Hall–Kier alpha value is -0.723. The van der Waals surface area contributed by atoms with Crippen LogP contribution in [0.4, 0.5) is 0 Å². The molecule has 0 aliphatic rings. The molecule has 0 aliphatic carbocycles. The molecule has 2 N–H and O–H groups in total. The molecule has 0 saturated carbocycles. The van der Waals surface area contributed by atoms with Crippen LogP contribution in [0.3, 0.4) is 0 Å². The van der Waals surface area contributed by atoms with E-state index < -0.39 is 8.80 Å². The third-order valence-electron chi connectivity index (χ3n) is 1.88. The van der Waals surface area contributed by atoms with Gasteiger partial charge in [0.05, 0.1) is 6.23 Å². The summed E-state index contributed by atoms with van der Waals surface area (Å²) in [6.07, 6.45) is -0.334. The zero-order valence-corrected chi connectivity index (χ0v) is 12.8. The molecule has 0 amide bonds. The van der Waals surface area contributed by atoms with Crippen molar-refractivity contribution in [2.45, 2.75) is 33.5 Å². The van der Waals surface area contributed by atoms with E-state index in [4.69, 9.17) is 19.0 Å². The zero-order chi connectivity index (χ0) is 13.9. The molecule has 0 saturated heterocycles. The molecule has 1 atom stereocenters. The van der Waals surface area contributed by atoms with Crippen molar-refractivity contribution in [3.05, 3.63) is 36.4 Å². The van der Waals surface area contributed by atoms with Gasteiger partial charge in [0.1, 0.15) is 0 Å². The third kappa shape index (κ3) is 9.32. The summed E-state index contributed by atoms with van der Waals surface area (Å²) in [7, 11) is -2.44. The summed E-state index contributed by atoms with van der Waals surface area (Å²) in [5.41, 5.74) is 5.49. The summed E-state index contributed by atoms with van der Waals surface area (Å²) in [5, 5.41) is 0. The molecule has 0 spiro atoms. The lowest BCUT2D eigenvalue weighted by Crippen LogP contribution is -2.47. The molecule has 1 rings (SSSR count). The number of benzene rings is 1. The van der Waals surface area contributed by atoms with Gasteiger partial charge in [-0.15, -0.1) is 0 Å². The highest BCUT2D eigenvalue weighted by Gasteiger charge is 2.35. The number of nitrogens with two attached hydrogens (primary N) is 1. The second-order valence-corrected chi connectivity index (χ2v) is 6.24. The number of hydrogen-bond donors (Lipinski definition) is 1. The molecule has 0 aromatic heterocycles. The van der Waals surface area contributed by atoms with Crippen molar-refractivity contribution in [2.24, 2.45) is 5.73 Å². The van der Waals surface area contributed by atoms with Crippen molar-refractivity contribution >= 4 is 8.80 Å². The van der Waals surface area contributed by atoms with Crippen LogP contribution in [-0.2, 0) is 13.3 Å². The van der Waals surface area contributed by atoms with Crippen LogP contribution in [0.25, 0.3) is 0 Å². The van der Waals surface area contributed by atoms with Crippen LogP contribution >= 0.6 is 0 Å². The van der Waals surface area contributed by atoms with E-state index in [1.54, 1.807) is 6.92 Å². The van der Waals surface area contributed by atoms with Crippen molar-refractivity contribution in [1.82, 2.24) is 0 Å². The van der Waals surface area contributed by atoms with Gasteiger partial charge >= 0.3 is 8.80 Å². The lowest BCUT2D eigenvalue weighted by Gasteiger charge is -2.26. The molecule has 104 valence electrons. The van der Waals surface area contributed by atoms with E-state index in [2.05, 4.69) is 0 Å². The van der Waals surface area contributed by atoms with Gasteiger partial charge in [-0.05, 0) is 20.8 Å². The van der Waals surface area contributed by atoms with Crippen LogP contribution in [0.15, 0.2) is 36.4 Å². The van der Waals surface area contributed by atoms with Gasteiger partial charge in [-0.1, -0.05) is 36.4 Å². The minimum atomic E-state index is -2.44. The molecule has 1 unspecified atom stereocenters. The first-order valence-electron chi connectivity index (χ1n) is 6.25. The molecule has 0 aliphatic heterocycles. The van der Waals surface area contributed by atoms with Crippen LogP contribution in [-0.4, -0.2) is 28.2 Å². The Labute approximate surface area is 111 Å². The average molecular weight is 271 g/mol. The molecule has 0 heterocycles. The minimum Gasteiger partial charge on any atom is -0.374 e. The second kappa shape index (κ2) is 10.2. The molecule has 5 heteroatoms. The predicted molar refractivity (Wildman–Crippen MR) is 76.0 cm³/mol. The summed E-state index contributed by atoms with van der Waals surface area (Å²) < 4.78 is 16.2. The van der Waals surface area contributed by atoms with Crippen molar-refractivity contribution in [2.75, 3.05) is 13.2 Å². The highest BCUT2D eigenvalue weighted by Crippen LogP contribution is 2.09. The van der Waals surface area contributed by atoms with Gasteiger partial charge in [0.25, 0.3) is 0 Å². The first kappa shape index (κ1) is 17.3. The average Bonchev–Trinajstić information content (AvgIpc) is 2.31. The van der Waals surface area contributed by atoms with E-state index >= 15 is 0 Å². The van der Waals surface area contributed by atoms with Crippen molar-refractivity contribution in [3.8, 4) is 0 Å². The fraction of sp³-hybridized carbons (Fsp3) is 0.538. The highest BCUT2D eigenvalue weighted by molar-refractivity contribution is 6.59. The molecule has 0 radical (unpaired) electrons. The number of rotatable bonds is 6. The first-order valence-corrected chi connectivity index (χ1v) is 8.48. The smallest absolute Gasteiger partial charge is 0.374 e. The van der Waals surface area contributed by atoms with E-state index in [9.17, 15) is 0 Å². The second-order valence-electron chi connectivity index (χ2n) is 3.71. The summed E-state index contributed by atoms with van der Waals surface area (Å²) in [6, 6.07) is 12.0. The van der Waals surface area contributed by atoms with E-state index in [1.807, 2.05) is 56.8 Å². The quantitative estimate of drug-likeness (QED) is 0.638. The van der Waals surface area contributed by atoms with Gasteiger partial charge < -0.3 is 19.0 Å². The van der Waals surface area contributed by atoms with Crippen LogP contribution in [0.5, 0.6) is 0 Å². The molecule has 0 bridgehead atoms. The van der Waals surface area contributed by atoms with E-state index in [-0.39, 0.29) is 6.23 Å². The Balaban J connectivity index is 0.000000397. The molecule has 4 nitrogen and oxygen atoms in total. The zero-order valence-electron chi connectivity index (χ0n) is 11.8. The van der Waals surface area contributed by atoms with Gasteiger partial charge in [0.15, 0.2) is 0 Å². The number of hydrogen-bond acceptors (Lipinski definition) is 4. The third-order valence-corrected chi connectivity index (χ3v) is 4.31. The van der Waals surface area contributed by atoms with Crippen molar-refractivity contribution in [3.63, 3.8) is 0 Å². The lowest BCUT2D eigenvalue weighted by atomic mass is 10.4. The van der Waals surface area contributed by atoms with Crippen molar-refractivity contribution < 1.29 is 13.3 Å². The normalized spacial score (nSPS) is 12.5. The van der Waals surface area contributed by atoms with Gasteiger partial charge in [-0.25, -0.2) is 0 Å². The van der Waals surface area contributed by atoms with Gasteiger partial charge in [0, 0.05) is 19.8 Å².